The fraction of sp³-hybridized carbons (Fsp3) is 0.714. The summed E-state index contributed by atoms with van der Waals surface area (Å²) in [6, 6.07) is 0. The van der Waals surface area contributed by atoms with Crippen LogP contribution in [-0.2, 0) is 29.8 Å². The van der Waals surface area contributed by atoms with Crippen molar-refractivity contribution in [3.8, 4) is 0 Å². The van der Waals surface area contributed by atoms with Crippen LogP contribution in [0.3, 0.4) is 0 Å². The molecule has 1 aromatic rings. The molecule has 1 aliphatic heterocycles. The van der Waals surface area contributed by atoms with Crippen LogP contribution in [0.5, 0.6) is 0 Å². The van der Waals surface area contributed by atoms with Gasteiger partial charge in [-0.15, -0.1) is 0 Å². The van der Waals surface area contributed by atoms with Crippen molar-refractivity contribution in [2.45, 2.75) is 58.7 Å². The van der Waals surface area contributed by atoms with Gasteiger partial charge in [-0.1, -0.05) is 20.8 Å². The van der Waals surface area contributed by atoms with Gasteiger partial charge in [0.05, 0.1) is 5.69 Å². The zero-order valence-corrected chi connectivity index (χ0v) is 11.8. The predicted molar refractivity (Wildman–Crippen MR) is 71.2 cm³/mol. The van der Waals surface area contributed by atoms with Gasteiger partial charge < -0.3 is 10.1 Å². The van der Waals surface area contributed by atoms with Gasteiger partial charge in [0.25, 0.3) is 0 Å². The summed E-state index contributed by atoms with van der Waals surface area (Å²) in [4.78, 5) is 9.52. The SMILES string of the molecule is CCc1nc(C(CC)(CC)OC)nc2c1CNC2. The van der Waals surface area contributed by atoms with Crippen molar-refractivity contribution in [1.29, 1.82) is 0 Å². The Morgan fingerprint density at radius 1 is 1.17 bits per heavy atom. The van der Waals surface area contributed by atoms with Gasteiger partial charge in [-0.05, 0) is 19.3 Å². The highest BCUT2D eigenvalue weighted by molar-refractivity contribution is 5.30. The maximum Gasteiger partial charge on any atom is 0.160 e. The van der Waals surface area contributed by atoms with E-state index in [-0.39, 0.29) is 5.60 Å². The number of hydrogen-bond acceptors (Lipinski definition) is 4. The molecule has 0 bridgehead atoms. The molecule has 0 unspecified atom stereocenters. The van der Waals surface area contributed by atoms with Crippen molar-refractivity contribution in [2.75, 3.05) is 7.11 Å². The lowest BCUT2D eigenvalue weighted by molar-refractivity contribution is -0.0294. The van der Waals surface area contributed by atoms with Gasteiger partial charge in [-0.25, -0.2) is 9.97 Å². The molecule has 0 spiro atoms. The topological polar surface area (TPSA) is 47.0 Å². The molecule has 0 aliphatic carbocycles. The van der Waals surface area contributed by atoms with Crippen LogP contribution in [0.2, 0.25) is 0 Å². The van der Waals surface area contributed by atoms with Crippen LogP contribution in [0, 0.1) is 0 Å². The van der Waals surface area contributed by atoms with Crippen LogP contribution in [0.1, 0.15) is 56.4 Å². The van der Waals surface area contributed by atoms with Gasteiger partial charge in [-0.3, -0.25) is 0 Å². The number of nitrogens with zero attached hydrogens (tertiary/aromatic N) is 2. The third kappa shape index (κ3) is 2.04. The Hall–Kier alpha value is -1.00. The van der Waals surface area contributed by atoms with E-state index in [1.54, 1.807) is 7.11 Å². The van der Waals surface area contributed by atoms with Crippen molar-refractivity contribution in [3.05, 3.63) is 22.8 Å². The normalized spacial score (nSPS) is 14.9. The summed E-state index contributed by atoms with van der Waals surface area (Å²) in [6.07, 6.45) is 2.75. The maximum absolute atomic E-state index is 5.74. The van der Waals surface area contributed by atoms with Gasteiger partial charge in [0.1, 0.15) is 5.60 Å². The predicted octanol–water partition coefficient (Wildman–Crippen LogP) is 2.30. The van der Waals surface area contributed by atoms with E-state index < -0.39 is 0 Å². The van der Waals surface area contributed by atoms with Gasteiger partial charge in [0.2, 0.25) is 0 Å². The summed E-state index contributed by atoms with van der Waals surface area (Å²) >= 11 is 0. The molecule has 1 aliphatic rings. The number of fused-ring (bicyclic) bond motifs is 1. The number of methoxy groups -OCH3 is 1. The highest BCUT2D eigenvalue weighted by atomic mass is 16.5. The average Bonchev–Trinajstić information content (AvgIpc) is 2.89. The molecule has 2 heterocycles. The quantitative estimate of drug-likeness (QED) is 0.870. The zero-order chi connectivity index (χ0) is 13.2. The van der Waals surface area contributed by atoms with E-state index in [4.69, 9.17) is 14.7 Å². The van der Waals surface area contributed by atoms with E-state index in [0.717, 1.165) is 43.9 Å². The van der Waals surface area contributed by atoms with Crippen LogP contribution >= 0.6 is 0 Å². The molecular weight excluding hydrogens is 226 g/mol. The van der Waals surface area contributed by atoms with Crippen molar-refractivity contribution in [3.63, 3.8) is 0 Å². The largest absolute Gasteiger partial charge is 0.370 e. The molecule has 1 aromatic heterocycles. The van der Waals surface area contributed by atoms with Crippen LogP contribution < -0.4 is 5.32 Å². The molecule has 0 saturated carbocycles. The second-order valence-corrected chi connectivity index (χ2v) is 4.78. The fourth-order valence-electron chi connectivity index (χ4n) is 2.68. The standard InChI is InChI=1S/C14H23N3O/c1-5-11-10-8-15-9-12(10)17-13(16-11)14(6-2,7-3)18-4/h15H,5-9H2,1-4H3. The van der Waals surface area contributed by atoms with Crippen LogP contribution in [0.4, 0.5) is 0 Å². The second-order valence-electron chi connectivity index (χ2n) is 4.78. The average molecular weight is 249 g/mol. The van der Waals surface area contributed by atoms with E-state index in [1.807, 2.05) is 0 Å². The molecule has 100 valence electrons. The summed E-state index contributed by atoms with van der Waals surface area (Å²) in [5.41, 5.74) is 3.28. The number of hydrogen-bond donors (Lipinski definition) is 1. The Kier molecular flexibility index (Phi) is 3.97. The Morgan fingerprint density at radius 2 is 1.89 bits per heavy atom. The summed E-state index contributed by atoms with van der Waals surface area (Å²) in [7, 11) is 1.76. The van der Waals surface area contributed by atoms with Crippen molar-refractivity contribution in [2.24, 2.45) is 0 Å². The molecule has 2 rings (SSSR count). The van der Waals surface area contributed by atoms with E-state index in [1.165, 1.54) is 11.3 Å². The Morgan fingerprint density at radius 3 is 2.44 bits per heavy atom. The van der Waals surface area contributed by atoms with Crippen molar-refractivity contribution < 1.29 is 4.74 Å². The minimum Gasteiger partial charge on any atom is -0.370 e. The Labute approximate surface area is 109 Å². The first-order valence-electron chi connectivity index (χ1n) is 6.85. The minimum absolute atomic E-state index is 0.332. The zero-order valence-electron chi connectivity index (χ0n) is 11.8. The maximum atomic E-state index is 5.74. The number of ether oxygens (including phenoxy) is 1. The highest BCUT2D eigenvalue weighted by Gasteiger charge is 2.33. The lowest BCUT2D eigenvalue weighted by Crippen LogP contribution is -2.30. The Balaban J connectivity index is 2.51. The molecule has 0 radical (unpaired) electrons. The molecule has 0 saturated heterocycles. The lowest BCUT2D eigenvalue weighted by atomic mass is 9.95. The van der Waals surface area contributed by atoms with Gasteiger partial charge >= 0.3 is 0 Å². The fourth-order valence-corrected chi connectivity index (χ4v) is 2.68. The molecular formula is C14H23N3O. The summed E-state index contributed by atoms with van der Waals surface area (Å²) in [6.45, 7) is 8.17. The van der Waals surface area contributed by atoms with Crippen LogP contribution in [0.25, 0.3) is 0 Å². The smallest absolute Gasteiger partial charge is 0.160 e. The molecule has 4 nitrogen and oxygen atoms in total. The second kappa shape index (κ2) is 5.33. The molecule has 4 heteroatoms. The number of aryl methyl sites for hydroxylation is 1. The first-order valence-corrected chi connectivity index (χ1v) is 6.85. The number of rotatable bonds is 5. The van der Waals surface area contributed by atoms with E-state index in [0.29, 0.717) is 0 Å². The molecule has 0 atom stereocenters. The first-order chi connectivity index (χ1) is 8.70. The molecule has 1 N–H and O–H groups in total. The van der Waals surface area contributed by atoms with Crippen molar-refractivity contribution >= 4 is 0 Å². The monoisotopic (exact) mass is 249 g/mol. The van der Waals surface area contributed by atoms with E-state index >= 15 is 0 Å². The van der Waals surface area contributed by atoms with Crippen LogP contribution in [0.15, 0.2) is 0 Å². The van der Waals surface area contributed by atoms with Gasteiger partial charge in [0, 0.05) is 31.5 Å². The highest BCUT2D eigenvalue weighted by Crippen LogP contribution is 2.31. The molecule has 18 heavy (non-hydrogen) atoms. The van der Waals surface area contributed by atoms with Crippen molar-refractivity contribution in [1.82, 2.24) is 15.3 Å². The summed E-state index contributed by atoms with van der Waals surface area (Å²) in [5, 5.41) is 3.35. The number of aromatic nitrogens is 2. The van der Waals surface area contributed by atoms with Gasteiger partial charge in [-0.2, -0.15) is 0 Å². The molecule has 0 amide bonds. The third-order valence-electron chi connectivity index (χ3n) is 4.05. The molecule has 0 aromatic carbocycles. The molecule has 0 fully saturated rings. The Bertz CT molecular complexity index is 419. The van der Waals surface area contributed by atoms with E-state index in [9.17, 15) is 0 Å². The van der Waals surface area contributed by atoms with Gasteiger partial charge in [0.15, 0.2) is 5.82 Å². The van der Waals surface area contributed by atoms with E-state index in [2.05, 4.69) is 26.1 Å². The lowest BCUT2D eigenvalue weighted by Gasteiger charge is -2.29. The third-order valence-corrected chi connectivity index (χ3v) is 4.05. The van der Waals surface area contributed by atoms with Crippen LogP contribution in [-0.4, -0.2) is 17.1 Å². The summed E-state index contributed by atoms with van der Waals surface area (Å²) in [5.74, 6) is 0.856. The first kappa shape index (κ1) is 13.4. The minimum atomic E-state index is -0.332. The number of nitrogens with one attached hydrogen (secondary N) is 1. The summed E-state index contributed by atoms with van der Waals surface area (Å²) < 4.78 is 5.74.